The van der Waals surface area contributed by atoms with Gasteiger partial charge in [0.2, 0.25) is 0 Å². The van der Waals surface area contributed by atoms with Crippen molar-refractivity contribution in [2.75, 3.05) is 18.0 Å². The first-order valence-corrected chi connectivity index (χ1v) is 6.62. The molecule has 1 fully saturated rings. The molecule has 0 aromatic heterocycles. The maximum absolute atomic E-state index is 11.0. The van der Waals surface area contributed by atoms with E-state index in [0.717, 1.165) is 18.8 Å². The van der Waals surface area contributed by atoms with Crippen LogP contribution in [0.2, 0.25) is 0 Å². The van der Waals surface area contributed by atoms with E-state index in [9.17, 15) is 4.79 Å². The minimum Gasteiger partial charge on any atom is -0.478 e. The summed E-state index contributed by atoms with van der Waals surface area (Å²) in [5.41, 5.74) is 1.87. The maximum atomic E-state index is 11.0. The first kappa shape index (κ1) is 12.9. The third-order valence-electron chi connectivity index (χ3n) is 4.28. The molecule has 1 aromatic rings. The Bertz CT molecular complexity index is 434. The molecule has 1 heterocycles. The highest BCUT2D eigenvalue weighted by molar-refractivity contribution is 5.88. The van der Waals surface area contributed by atoms with Crippen molar-refractivity contribution in [3.8, 4) is 0 Å². The molecule has 0 unspecified atom stereocenters. The second-order valence-electron chi connectivity index (χ2n) is 5.51. The van der Waals surface area contributed by atoms with Crippen LogP contribution in [-0.2, 0) is 0 Å². The van der Waals surface area contributed by atoms with Crippen LogP contribution in [0.25, 0.3) is 0 Å². The van der Waals surface area contributed by atoms with Crippen LogP contribution >= 0.6 is 0 Å². The number of benzene rings is 1. The first-order valence-electron chi connectivity index (χ1n) is 6.62. The van der Waals surface area contributed by atoms with Crippen molar-refractivity contribution < 1.29 is 9.90 Å². The van der Waals surface area contributed by atoms with E-state index in [2.05, 4.69) is 18.7 Å². The lowest BCUT2D eigenvalue weighted by molar-refractivity contribution is 0.0697. The van der Waals surface area contributed by atoms with Gasteiger partial charge in [0, 0.05) is 18.8 Å². The number of hydrogen-bond donors (Lipinski definition) is 1. The van der Waals surface area contributed by atoms with Crippen LogP contribution in [0, 0.1) is 5.41 Å². The average Bonchev–Trinajstić information content (AvgIpc) is 2.40. The van der Waals surface area contributed by atoms with Gasteiger partial charge in [-0.25, -0.2) is 4.79 Å². The molecule has 3 nitrogen and oxygen atoms in total. The van der Waals surface area contributed by atoms with Crippen LogP contribution in [0.4, 0.5) is 5.69 Å². The highest BCUT2D eigenvalue weighted by atomic mass is 16.4. The number of rotatable bonds is 3. The molecular formula is C15H21NO2. The van der Waals surface area contributed by atoms with Gasteiger partial charge in [-0.1, -0.05) is 26.3 Å². The van der Waals surface area contributed by atoms with Crippen molar-refractivity contribution in [3.05, 3.63) is 29.8 Å². The normalized spacial score (nSPS) is 18.7. The van der Waals surface area contributed by atoms with Crippen molar-refractivity contribution in [2.45, 2.75) is 33.1 Å². The van der Waals surface area contributed by atoms with Gasteiger partial charge in [0.25, 0.3) is 0 Å². The van der Waals surface area contributed by atoms with Gasteiger partial charge in [-0.15, -0.1) is 0 Å². The molecule has 2 rings (SSSR count). The maximum Gasteiger partial charge on any atom is 0.335 e. The average molecular weight is 247 g/mol. The number of anilines is 1. The number of piperidine rings is 1. The second kappa shape index (κ2) is 5.01. The Kier molecular flexibility index (Phi) is 3.60. The van der Waals surface area contributed by atoms with Gasteiger partial charge in [-0.05, 0) is 36.5 Å². The number of nitrogens with zero attached hydrogens (tertiary/aromatic N) is 1. The van der Waals surface area contributed by atoms with Crippen molar-refractivity contribution in [3.63, 3.8) is 0 Å². The molecule has 1 aliphatic heterocycles. The summed E-state index contributed by atoms with van der Waals surface area (Å²) in [4.78, 5) is 13.3. The molecule has 1 N–H and O–H groups in total. The van der Waals surface area contributed by atoms with Gasteiger partial charge in [0.1, 0.15) is 0 Å². The van der Waals surface area contributed by atoms with Crippen molar-refractivity contribution in [2.24, 2.45) is 5.41 Å². The minimum absolute atomic E-state index is 0.372. The van der Waals surface area contributed by atoms with Crippen LogP contribution in [0.3, 0.4) is 0 Å². The Morgan fingerprint density at radius 1 is 1.39 bits per heavy atom. The molecule has 0 spiro atoms. The van der Waals surface area contributed by atoms with Gasteiger partial charge >= 0.3 is 5.97 Å². The Labute approximate surface area is 108 Å². The predicted octanol–water partition coefficient (Wildman–Crippen LogP) is 3.40. The lowest BCUT2D eigenvalue weighted by Crippen LogP contribution is -2.38. The fraction of sp³-hybridized carbons (Fsp3) is 0.533. The summed E-state index contributed by atoms with van der Waals surface area (Å²) < 4.78 is 0. The fourth-order valence-electron chi connectivity index (χ4n) is 2.49. The van der Waals surface area contributed by atoms with E-state index in [1.165, 1.54) is 19.3 Å². The van der Waals surface area contributed by atoms with Crippen LogP contribution in [0.1, 0.15) is 43.5 Å². The second-order valence-corrected chi connectivity index (χ2v) is 5.51. The zero-order chi connectivity index (χ0) is 13.2. The topological polar surface area (TPSA) is 40.5 Å². The molecule has 0 radical (unpaired) electrons. The third-order valence-corrected chi connectivity index (χ3v) is 4.28. The molecule has 0 aliphatic carbocycles. The summed E-state index contributed by atoms with van der Waals surface area (Å²) in [6.45, 7) is 6.64. The Hall–Kier alpha value is -1.51. The quantitative estimate of drug-likeness (QED) is 0.890. The SMILES string of the molecule is CCC1(C)CCN(c2cccc(C(=O)O)c2)CC1. The number of aromatic carboxylic acids is 1. The van der Waals surface area contributed by atoms with Crippen molar-refractivity contribution in [1.29, 1.82) is 0 Å². The van der Waals surface area contributed by atoms with E-state index in [1.807, 2.05) is 12.1 Å². The van der Waals surface area contributed by atoms with Crippen LogP contribution in [0.5, 0.6) is 0 Å². The van der Waals surface area contributed by atoms with E-state index >= 15 is 0 Å². The molecule has 0 amide bonds. The van der Waals surface area contributed by atoms with E-state index in [4.69, 9.17) is 5.11 Å². The summed E-state index contributed by atoms with van der Waals surface area (Å²) in [6.07, 6.45) is 3.58. The number of carbonyl (C=O) groups is 1. The highest BCUT2D eigenvalue weighted by Crippen LogP contribution is 2.35. The molecule has 3 heteroatoms. The fourth-order valence-corrected chi connectivity index (χ4v) is 2.49. The molecule has 98 valence electrons. The molecule has 0 bridgehead atoms. The largest absolute Gasteiger partial charge is 0.478 e. The molecule has 0 atom stereocenters. The standard InChI is InChI=1S/C15H21NO2/c1-3-15(2)7-9-16(10-8-15)13-6-4-5-12(11-13)14(17)18/h4-6,11H,3,7-10H2,1-2H3,(H,17,18). The predicted molar refractivity (Wildman–Crippen MR) is 73.2 cm³/mol. The molecule has 18 heavy (non-hydrogen) atoms. The molecular weight excluding hydrogens is 226 g/mol. The Balaban J connectivity index is 2.10. The molecule has 1 aliphatic rings. The summed E-state index contributed by atoms with van der Waals surface area (Å²) >= 11 is 0. The minimum atomic E-state index is -0.854. The number of carboxylic acid groups (broad SMARTS) is 1. The number of hydrogen-bond acceptors (Lipinski definition) is 2. The molecule has 0 saturated carbocycles. The van der Waals surface area contributed by atoms with Gasteiger partial charge in [-0.3, -0.25) is 0 Å². The van der Waals surface area contributed by atoms with Crippen molar-refractivity contribution >= 4 is 11.7 Å². The smallest absolute Gasteiger partial charge is 0.335 e. The first-order chi connectivity index (χ1) is 8.54. The van der Waals surface area contributed by atoms with Crippen molar-refractivity contribution in [1.82, 2.24) is 0 Å². The zero-order valence-corrected chi connectivity index (χ0v) is 11.1. The van der Waals surface area contributed by atoms with Gasteiger partial charge < -0.3 is 10.0 Å². The van der Waals surface area contributed by atoms with E-state index in [1.54, 1.807) is 12.1 Å². The summed E-state index contributed by atoms with van der Waals surface area (Å²) in [6, 6.07) is 7.25. The number of carboxylic acids is 1. The summed E-state index contributed by atoms with van der Waals surface area (Å²) in [7, 11) is 0. The Morgan fingerprint density at radius 3 is 2.61 bits per heavy atom. The third kappa shape index (κ3) is 2.66. The van der Waals surface area contributed by atoms with E-state index in [-0.39, 0.29) is 0 Å². The lowest BCUT2D eigenvalue weighted by Gasteiger charge is -2.40. The summed E-state index contributed by atoms with van der Waals surface area (Å²) in [5.74, 6) is -0.854. The van der Waals surface area contributed by atoms with E-state index in [0.29, 0.717) is 11.0 Å². The van der Waals surface area contributed by atoms with Gasteiger partial charge in [0.15, 0.2) is 0 Å². The lowest BCUT2D eigenvalue weighted by atomic mass is 9.78. The molecule has 1 saturated heterocycles. The van der Waals surface area contributed by atoms with Gasteiger partial charge in [0.05, 0.1) is 5.56 Å². The van der Waals surface area contributed by atoms with Gasteiger partial charge in [-0.2, -0.15) is 0 Å². The van der Waals surface area contributed by atoms with E-state index < -0.39 is 5.97 Å². The monoisotopic (exact) mass is 247 g/mol. The van der Waals surface area contributed by atoms with Crippen LogP contribution in [0.15, 0.2) is 24.3 Å². The highest BCUT2D eigenvalue weighted by Gasteiger charge is 2.28. The Morgan fingerprint density at radius 2 is 2.06 bits per heavy atom. The zero-order valence-electron chi connectivity index (χ0n) is 11.1. The molecule has 1 aromatic carbocycles. The van der Waals surface area contributed by atoms with Crippen LogP contribution < -0.4 is 4.90 Å². The summed E-state index contributed by atoms with van der Waals surface area (Å²) in [5, 5.41) is 9.01. The van der Waals surface area contributed by atoms with Crippen LogP contribution in [-0.4, -0.2) is 24.2 Å².